The fourth-order valence-corrected chi connectivity index (χ4v) is 3.81. The van der Waals surface area contributed by atoms with E-state index in [1.54, 1.807) is 0 Å². The fourth-order valence-electron chi connectivity index (χ4n) is 2.47. The molecule has 0 amide bonds. The van der Waals surface area contributed by atoms with Crippen molar-refractivity contribution in [3.63, 3.8) is 0 Å². The van der Waals surface area contributed by atoms with Crippen LogP contribution in [-0.2, 0) is 0 Å². The molecule has 18 heavy (non-hydrogen) atoms. The number of halogens is 1. The largest absolute Gasteiger partial charge is 0.307 e. The van der Waals surface area contributed by atoms with Crippen LogP contribution in [0.2, 0.25) is 0 Å². The van der Waals surface area contributed by atoms with Crippen molar-refractivity contribution in [1.29, 1.82) is 0 Å². The number of thioether (sulfide) groups is 1. The molecule has 96 valence electrons. The minimum Gasteiger partial charge on any atom is -0.307 e. The molecule has 0 aromatic carbocycles. The average Bonchev–Trinajstić information content (AvgIpc) is 2.92. The van der Waals surface area contributed by atoms with Crippen LogP contribution in [0.25, 0.3) is 11.2 Å². The Hall–Kier alpha value is -0.740. The molecule has 1 fully saturated rings. The first kappa shape index (κ1) is 12.3. The molecule has 1 saturated heterocycles. The van der Waals surface area contributed by atoms with E-state index < -0.39 is 0 Å². The van der Waals surface area contributed by atoms with Crippen LogP contribution in [0.15, 0.2) is 12.3 Å². The molecule has 2 atom stereocenters. The van der Waals surface area contributed by atoms with Crippen molar-refractivity contribution in [3.05, 3.63) is 23.7 Å². The van der Waals surface area contributed by atoms with Gasteiger partial charge in [-0.05, 0) is 37.7 Å². The summed E-state index contributed by atoms with van der Waals surface area (Å²) in [5.41, 5.74) is 3.09. The molecular formula is C13H16ClN3S. The topological polar surface area (TPSA) is 30.7 Å². The van der Waals surface area contributed by atoms with Crippen molar-refractivity contribution in [1.82, 2.24) is 14.5 Å². The molecule has 3 rings (SSSR count). The number of pyridine rings is 1. The van der Waals surface area contributed by atoms with E-state index in [1.807, 2.05) is 31.8 Å². The summed E-state index contributed by atoms with van der Waals surface area (Å²) in [4.78, 5) is 9.24. The van der Waals surface area contributed by atoms with Crippen molar-refractivity contribution in [2.75, 3.05) is 11.5 Å². The lowest BCUT2D eigenvalue weighted by atomic mass is 10.2. The lowest BCUT2D eigenvalue weighted by molar-refractivity contribution is 0.545. The van der Waals surface area contributed by atoms with Crippen LogP contribution in [0.1, 0.15) is 36.2 Å². The van der Waals surface area contributed by atoms with Crippen LogP contribution < -0.4 is 0 Å². The molecule has 0 radical (unpaired) electrons. The summed E-state index contributed by atoms with van der Waals surface area (Å²) in [6, 6.07) is 2.58. The maximum absolute atomic E-state index is 6.28. The number of hydrogen-bond acceptors (Lipinski definition) is 3. The average molecular weight is 282 g/mol. The predicted molar refractivity (Wildman–Crippen MR) is 77.5 cm³/mol. The van der Waals surface area contributed by atoms with Gasteiger partial charge < -0.3 is 4.57 Å². The SMILES string of the molecule is Cc1cnc2c(c1)nc(C(C)Cl)n2C1CCSC1. The molecule has 2 aromatic rings. The van der Waals surface area contributed by atoms with Crippen molar-refractivity contribution in [2.24, 2.45) is 0 Å². The van der Waals surface area contributed by atoms with Crippen LogP contribution in [0.5, 0.6) is 0 Å². The van der Waals surface area contributed by atoms with Crippen LogP contribution in [-0.4, -0.2) is 26.0 Å². The zero-order chi connectivity index (χ0) is 12.7. The van der Waals surface area contributed by atoms with E-state index >= 15 is 0 Å². The van der Waals surface area contributed by atoms with Gasteiger partial charge in [-0.15, -0.1) is 11.6 Å². The molecule has 0 N–H and O–H groups in total. The van der Waals surface area contributed by atoms with Gasteiger partial charge in [0.15, 0.2) is 5.65 Å². The zero-order valence-corrected chi connectivity index (χ0v) is 12.1. The van der Waals surface area contributed by atoms with E-state index in [0.29, 0.717) is 6.04 Å². The number of imidazole rings is 1. The van der Waals surface area contributed by atoms with Crippen molar-refractivity contribution < 1.29 is 0 Å². The molecular weight excluding hydrogens is 266 g/mol. The van der Waals surface area contributed by atoms with Crippen LogP contribution >= 0.6 is 23.4 Å². The maximum Gasteiger partial charge on any atom is 0.160 e. The van der Waals surface area contributed by atoms with E-state index in [9.17, 15) is 0 Å². The van der Waals surface area contributed by atoms with Crippen LogP contribution in [0.3, 0.4) is 0 Å². The molecule has 2 aromatic heterocycles. The van der Waals surface area contributed by atoms with Crippen molar-refractivity contribution >= 4 is 34.5 Å². The summed E-state index contributed by atoms with van der Waals surface area (Å²) in [6.07, 6.45) is 3.09. The lowest BCUT2D eigenvalue weighted by Gasteiger charge is -2.16. The Morgan fingerprint density at radius 3 is 3.06 bits per heavy atom. The molecule has 3 nitrogen and oxygen atoms in total. The fraction of sp³-hybridized carbons (Fsp3) is 0.538. The highest BCUT2D eigenvalue weighted by atomic mass is 35.5. The highest BCUT2D eigenvalue weighted by Crippen LogP contribution is 2.34. The molecule has 0 aliphatic carbocycles. The summed E-state index contributed by atoms with van der Waals surface area (Å²) in [5.74, 6) is 3.31. The summed E-state index contributed by atoms with van der Waals surface area (Å²) < 4.78 is 2.26. The molecule has 1 aliphatic heterocycles. The lowest BCUT2D eigenvalue weighted by Crippen LogP contribution is -2.12. The normalized spacial score (nSPS) is 21.6. The Balaban J connectivity index is 2.21. The number of fused-ring (bicyclic) bond motifs is 1. The van der Waals surface area contributed by atoms with E-state index in [4.69, 9.17) is 11.6 Å². The Labute approximate surface area is 116 Å². The third-order valence-corrected chi connectivity index (χ3v) is 4.66. The third-order valence-electron chi connectivity index (χ3n) is 3.32. The van der Waals surface area contributed by atoms with E-state index in [0.717, 1.165) is 28.3 Å². The van der Waals surface area contributed by atoms with Crippen molar-refractivity contribution in [3.8, 4) is 0 Å². The van der Waals surface area contributed by atoms with Gasteiger partial charge in [-0.1, -0.05) is 0 Å². The number of aromatic nitrogens is 3. The predicted octanol–water partition coefficient (Wildman–Crippen LogP) is 3.72. The Morgan fingerprint density at radius 1 is 1.56 bits per heavy atom. The molecule has 1 aliphatic rings. The highest BCUT2D eigenvalue weighted by Gasteiger charge is 2.25. The van der Waals surface area contributed by atoms with Gasteiger partial charge in [0.1, 0.15) is 11.3 Å². The summed E-state index contributed by atoms with van der Waals surface area (Å²) in [6.45, 7) is 4.02. The standard InChI is InChI=1S/C13H16ClN3S/c1-8-5-11-13(15-6-8)17(10-3-4-18-7-10)12(16-11)9(2)14/h5-6,9-10H,3-4,7H2,1-2H3. The molecule has 2 unspecified atom stereocenters. The minimum atomic E-state index is -0.0786. The number of rotatable bonds is 2. The highest BCUT2D eigenvalue weighted by molar-refractivity contribution is 7.99. The number of nitrogens with zero attached hydrogens (tertiary/aromatic N) is 3. The number of aryl methyl sites for hydroxylation is 1. The monoisotopic (exact) mass is 281 g/mol. The quantitative estimate of drug-likeness (QED) is 0.786. The van der Waals surface area contributed by atoms with Gasteiger partial charge in [-0.2, -0.15) is 11.8 Å². The molecule has 5 heteroatoms. The minimum absolute atomic E-state index is 0.0786. The van der Waals surface area contributed by atoms with Gasteiger partial charge >= 0.3 is 0 Å². The first-order valence-electron chi connectivity index (χ1n) is 6.23. The summed E-state index contributed by atoms with van der Waals surface area (Å²) >= 11 is 8.27. The molecule has 0 spiro atoms. The summed E-state index contributed by atoms with van der Waals surface area (Å²) in [5, 5.41) is -0.0786. The van der Waals surface area contributed by atoms with Crippen molar-refractivity contribution in [2.45, 2.75) is 31.7 Å². The van der Waals surface area contributed by atoms with E-state index in [-0.39, 0.29) is 5.38 Å². The molecule has 3 heterocycles. The van der Waals surface area contributed by atoms with Gasteiger partial charge in [0.05, 0.1) is 5.38 Å². The summed E-state index contributed by atoms with van der Waals surface area (Å²) in [7, 11) is 0. The van der Waals surface area contributed by atoms with Gasteiger partial charge in [0.25, 0.3) is 0 Å². The zero-order valence-electron chi connectivity index (χ0n) is 10.6. The number of alkyl halides is 1. The first-order chi connectivity index (χ1) is 8.66. The van der Waals surface area contributed by atoms with Gasteiger partial charge in [0, 0.05) is 18.0 Å². The molecule has 0 bridgehead atoms. The number of hydrogen-bond donors (Lipinski definition) is 0. The second-order valence-corrected chi connectivity index (χ2v) is 6.63. The third kappa shape index (κ3) is 2.01. The van der Waals surface area contributed by atoms with E-state index in [1.165, 1.54) is 12.2 Å². The Morgan fingerprint density at radius 2 is 2.39 bits per heavy atom. The smallest absolute Gasteiger partial charge is 0.160 e. The Bertz CT molecular complexity index is 573. The van der Waals surface area contributed by atoms with Crippen LogP contribution in [0, 0.1) is 6.92 Å². The Kier molecular flexibility index (Phi) is 3.24. The van der Waals surface area contributed by atoms with Gasteiger partial charge in [0.2, 0.25) is 0 Å². The first-order valence-corrected chi connectivity index (χ1v) is 7.82. The second-order valence-electron chi connectivity index (χ2n) is 4.83. The molecule has 0 saturated carbocycles. The maximum atomic E-state index is 6.28. The van der Waals surface area contributed by atoms with E-state index in [2.05, 4.69) is 20.6 Å². The van der Waals surface area contributed by atoms with Gasteiger partial charge in [-0.3, -0.25) is 0 Å². The van der Waals surface area contributed by atoms with Gasteiger partial charge in [-0.25, -0.2) is 9.97 Å². The second kappa shape index (κ2) is 4.74. The van der Waals surface area contributed by atoms with Crippen LogP contribution in [0.4, 0.5) is 0 Å².